The number of aromatic amines is 1. The monoisotopic (exact) mass is 379 g/mol. The molecule has 0 aliphatic carbocycles. The number of aromatic nitrogens is 1. The predicted octanol–water partition coefficient (Wildman–Crippen LogP) is 6.28. The van der Waals surface area contributed by atoms with Crippen LogP contribution in [-0.2, 0) is 11.2 Å². The smallest absolute Gasteiger partial charge is 0.303 e. The molecular weight excluding hydrogens is 358 g/mol. The van der Waals surface area contributed by atoms with E-state index in [0.29, 0.717) is 6.42 Å². The summed E-state index contributed by atoms with van der Waals surface area (Å²) in [4.78, 5) is 15.1. The Morgan fingerprint density at radius 1 is 0.793 bits per heavy atom. The fourth-order valence-corrected chi connectivity index (χ4v) is 4.29. The summed E-state index contributed by atoms with van der Waals surface area (Å²) in [6.07, 6.45) is 0.766. The molecule has 0 bridgehead atoms. The quantitative estimate of drug-likeness (QED) is 0.378. The van der Waals surface area contributed by atoms with Crippen LogP contribution in [0.5, 0.6) is 0 Å². The molecule has 3 nitrogen and oxygen atoms in total. The minimum Gasteiger partial charge on any atom is -0.481 e. The minimum absolute atomic E-state index is 0.0866. The van der Waals surface area contributed by atoms with Gasteiger partial charge in [0.15, 0.2) is 0 Å². The van der Waals surface area contributed by atoms with Crippen molar-refractivity contribution in [3.63, 3.8) is 0 Å². The zero-order chi connectivity index (χ0) is 19.8. The van der Waals surface area contributed by atoms with Gasteiger partial charge in [0.1, 0.15) is 0 Å². The van der Waals surface area contributed by atoms with Crippen molar-refractivity contribution < 1.29 is 9.90 Å². The lowest BCUT2D eigenvalue weighted by molar-refractivity contribution is -0.137. The molecule has 1 atom stereocenters. The lowest BCUT2D eigenvalue weighted by atomic mass is 9.89. The number of nitrogens with one attached hydrogen (secondary N) is 1. The van der Waals surface area contributed by atoms with Crippen LogP contribution >= 0.6 is 0 Å². The maximum absolute atomic E-state index is 11.6. The summed E-state index contributed by atoms with van der Waals surface area (Å²) in [5, 5.41) is 15.4. The lowest BCUT2D eigenvalue weighted by Gasteiger charge is -2.15. The van der Waals surface area contributed by atoms with E-state index in [4.69, 9.17) is 0 Å². The first-order valence-electron chi connectivity index (χ1n) is 9.87. The Morgan fingerprint density at radius 3 is 2.31 bits per heavy atom. The van der Waals surface area contributed by atoms with Crippen LogP contribution in [0, 0.1) is 0 Å². The van der Waals surface area contributed by atoms with E-state index in [-0.39, 0.29) is 12.3 Å². The number of rotatable bonds is 5. The molecule has 1 heterocycles. The highest BCUT2D eigenvalue weighted by atomic mass is 16.4. The van der Waals surface area contributed by atoms with Crippen molar-refractivity contribution in [2.24, 2.45) is 0 Å². The van der Waals surface area contributed by atoms with Crippen LogP contribution in [-0.4, -0.2) is 16.1 Å². The first-order valence-corrected chi connectivity index (χ1v) is 9.87. The lowest BCUT2D eigenvalue weighted by Crippen LogP contribution is -2.09. The fourth-order valence-electron chi connectivity index (χ4n) is 4.29. The molecule has 29 heavy (non-hydrogen) atoms. The van der Waals surface area contributed by atoms with Gasteiger partial charge in [-0.1, -0.05) is 78.9 Å². The molecule has 0 aliphatic rings. The van der Waals surface area contributed by atoms with Gasteiger partial charge in [-0.3, -0.25) is 4.79 Å². The van der Waals surface area contributed by atoms with Crippen LogP contribution in [0.1, 0.15) is 23.6 Å². The minimum atomic E-state index is -0.773. The fraction of sp³-hybridized carbons (Fsp3) is 0.115. The average Bonchev–Trinajstić information content (AvgIpc) is 3.16. The number of aliphatic carboxylic acids is 1. The molecule has 0 amide bonds. The van der Waals surface area contributed by atoms with E-state index in [2.05, 4.69) is 65.6 Å². The Bertz CT molecular complexity index is 1350. The largest absolute Gasteiger partial charge is 0.481 e. The first-order chi connectivity index (χ1) is 14.2. The summed E-state index contributed by atoms with van der Waals surface area (Å²) >= 11 is 0. The molecule has 0 fully saturated rings. The van der Waals surface area contributed by atoms with E-state index >= 15 is 0 Å². The molecule has 0 spiro atoms. The topological polar surface area (TPSA) is 53.1 Å². The maximum Gasteiger partial charge on any atom is 0.303 e. The molecule has 0 saturated carbocycles. The van der Waals surface area contributed by atoms with Crippen molar-refractivity contribution in [3.05, 3.63) is 96.2 Å². The second-order valence-electron chi connectivity index (χ2n) is 7.65. The summed E-state index contributed by atoms with van der Waals surface area (Å²) < 4.78 is 0. The van der Waals surface area contributed by atoms with Gasteiger partial charge in [0.05, 0.1) is 11.9 Å². The van der Waals surface area contributed by atoms with Crippen molar-refractivity contribution in [1.29, 1.82) is 0 Å². The molecule has 5 aromatic rings. The SMILES string of the molecule is O=C(O)CC(Cc1cc2ccc3ccccc3c2[nH]1)c1ccc2ccccc2c1. The molecule has 0 saturated heterocycles. The van der Waals surface area contributed by atoms with Crippen LogP contribution in [0.3, 0.4) is 0 Å². The van der Waals surface area contributed by atoms with E-state index in [0.717, 1.165) is 27.5 Å². The van der Waals surface area contributed by atoms with Gasteiger partial charge in [0.2, 0.25) is 0 Å². The van der Waals surface area contributed by atoms with Crippen molar-refractivity contribution in [1.82, 2.24) is 4.98 Å². The molecule has 0 radical (unpaired) electrons. The van der Waals surface area contributed by atoms with E-state index < -0.39 is 5.97 Å². The second kappa shape index (κ2) is 7.10. The highest BCUT2D eigenvalue weighted by Gasteiger charge is 2.18. The number of H-pyrrole nitrogens is 1. The normalized spacial score (nSPS) is 12.6. The van der Waals surface area contributed by atoms with Crippen LogP contribution in [0.15, 0.2) is 84.9 Å². The number of carboxylic acids is 1. The van der Waals surface area contributed by atoms with Crippen molar-refractivity contribution in [3.8, 4) is 0 Å². The average molecular weight is 379 g/mol. The summed E-state index contributed by atoms with van der Waals surface area (Å²) in [6.45, 7) is 0. The van der Waals surface area contributed by atoms with Gasteiger partial charge in [-0.2, -0.15) is 0 Å². The third-order valence-electron chi connectivity index (χ3n) is 5.71. The van der Waals surface area contributed by atoms with Gasteiger partial charge < -0.3 is 10.1 Å². The van der Waals surface area contributed by atoms with Crippen LogP contribution in [0.2, 0.25) is 0 Å². The van der Waals surface area contributed by atoms with E-state index in [1.165, 1.54) is 16.2 Å². The number of carbonyl (C=O) groups is 1. The van der Waals surface area contributed by atoms with Crippen LogP contribution < -0.4 is 0 Å². The van der Waals surface area contributed by atoms with E-state index in [9.17, 15) is 9.90 Å². The molecular formula is C26H21NO2. The van der Waals surface area contributed by atoms with Gasteiger partial charge in [0, 0.05) is 16.5 Å². The number of hydrogen-bond donors (Lipinski definition) is 2. The van der Waals surface area contributed by atoms with Crippen molar-refractivity contribution in [2.75, 3.05) is 0 Å². The third-order valence-corrected chi connectivity index (χ3v) is 5.71. The molecule has 5 rings (SSSR count). The van der Waals surface area contributed by atoms with Gasteiger partial charge in [0.25, 0.3) is 0 Å². The molecule has 0 aliphatic heterocycles. The summed E-state index contributed by atoms with van der Waals surface area (Å²) in [6, 6.07) is 29.2. The van der Waals surface area contributed by atoms with Crippen molar-refractivity contribution in [2.45, 2.75) is 18.8 Å². The first kappa shape index (κ1) is 17.5. The molecule has 4 aromatic carbocycles. The van der Waals surface area contributed by atoms with Gasteiger partial charge in [-0.05, 0) is 40.1 Å². The van der Waals surface area contributed by atoms with Gasteiger partial charge in [-0.15, -0.1) is 0 Å². The summed E-state index contributed by atoms with van der Waals surface area (Å²) in [7, 11) is 0. The Morgan fingerprint density at radius 2 is 1.48 bits per heavy atom. The highest BCUT2D eigenvalue weighted by molar-refractivity contribution is 6.05. The Labute approximate surface area is 168 Å². The van der Waals surface area contributed by atoms with Crippen molar-refractivity contribution >= 4 is 38.4 Å². The van der Waals surface area contributed by atoms with Crippen LogP contribution in [0.25, 0.3) is 32.4 Å². The molecule has 3 heteroatoms. The second-order valence-corrected chi connectivity index (χ2v) is 7.65. The summed E-state index contributed by atoms with van der Waals surface area (Å²) in [5.41, 5.74) is 3.25. The molecule has 2 N–H and O–H groups in total. The third kappa shape index (κ3) is 3.36. The van der Waals surface area contributed by atoms with Gasteiger partial charge >= 0.3 is 5.97 Å². The van der Waals surface area contributed by atoms with Crippen LogP contribution in [0.4, 0.5) is 0 Å². The van der Waals surface area contributed by atoms with Gasteiger partial charge in [-0.25, -0.2) is 0 Å². The molecule has 1 unspecified atom stereocenters. The Kier molecular flexibility index (Phi) is 4.28. The Balaban J connectivity index is 1.55. The zero-order valence-corrected chi connectivity index (χ0v) is 15.9. The Hall–Kier alpha value is -3.59. The number of hydrogen-bond acceptors (Lipinski definition) is 1. The number of carboxylic acid groups (broad SMARTS) is 1. The molecule has 1 aromatic heterocycles. The number of fused-ring (bicyclic) bond motifs is 4. The number of benzene rings is 4. The molecule has 142 valence electrons. The standard InChI is InChI=1S/C26H21NO2/c28-25(29)16-22(20-11-9-17-5-1-2-7-19(17)13-20)15-23-14-21-12-10-18-6-3-4-8-24(18)26(21)27-23/h1-14,22,27H,15-16H2,(H,28,29). The highest BCUT2D eigenvalue weighted by Crippen LogP contribution is 2.30. The maximum atomic E-state index is 11.6. The predicted molar refractivity (Wildman–Crippen MR) is 118 cm³/mol. The van der Waals surface area contributed by atoms with E-state index in [1.807, 2.05) is 24.3 Å². The zero-order valence-electron chi connectivity index (χ0n) is 15.9. The van der Waals surface area contributed by atoms with E-state index in [1.54, 1.807) is 0 Å². The summed E-state index contributed by atoms with van der Waals surface area (Å²) in [5.74, 6) is -0.860.